The Morgan fingerprint density at radius 3 is 2.48 bits per heavy atom. The fourth-order valence-corrected chi connectivity index (χ4v) is 3.37. The van der Waals surface area contributed by atoms with E-state index in [2.05, 4.69) is 43.0 Å². The summed E-state index contributed by atoms with van der Waals surface area (Å²) in [7, 11) is 3.37. The lowest BCUT2D eigenvalue weighted by Gasteiger charge is -2.07. The Kier molecular flexibility index (Phi) is 10.9. The van der Waals surface area contributed by atoms with Gasteiger partial charge >= 0.3 is 5.69 Å². The molecule has 2 N–H and O–H groups in total. The molecule has 0 amide bonds. The van der Waals surface area contributed by atoms with E-state index in [9.17, 15) is 4.79 Å². The molecule has 6 nitrogen and oxygen atoms in total. The Labute approximate surface area is 172 Å². The molecule has 0 aromatic carbocycles. The van der Waals surface area contributed by atoms with Crippen LogP contribution in [0.4, 0.5) is 0 Å². The van der Waals surface area contributed by atoms with Crippen LogP contribution < -0.4 is 11.0 Å². The molecule has 0 spiro atoms. The van der Waals surface area contributed by atoms with E-state index in [0.29, 0.717) is 10.3 Å². The van der Waals surface area contributed by atoms with Gasteiger partial charge in [-0.15, -0.1) is 0 Å². The van der Waals surface area contributed by atoms with Gasteiger partial charge < -0.3 is 10.3 Å². The fraction of sp³-hybridized carbons (Fsp3) is 0.737. The quantitative estimate of drug-likeness (QED) is 0.365. The lowest BCUT2D eigenvalue weighted by Crippen LogP contribution is -2.27. The molecular formula is C19H35N5OS2. The predicted octanol–water partition coefficient (Wildman–Crippen LogP) is 4.25. The van der Waals surface area contributed by atoms with E-state index in [0.717, 1.165) is 28.8 Å². The van der Waals surface area contributed by atoms with E-state index in [1.54, 1.807) is 25.9 Å². The number of imidazole rings is 1. The van der Waals surface area contributed by atoms with Crippen molar-refractivity contribution in [2.75, 3.05) is 18.8 Å². The first-order valence-corrected chi connectivity index (χ1v) is 11.3. The van der Waals surface area contributed by atoms with Gasteiger partial charge in [0.1, 0.15) is 10.2 Å². The molecule has 154 valence electrons. The molecule has 2 rings (SSSR count). The molecule has 0 saturated carbocycles. The molecule has 0 aliphatic rings. The van der Waals surface area contributed by atoms with Crippen LogP contribution in [0.5, 0.6) is 0 Å². The number of rotatable bonds is 9. The fourth-order valence-electron chi connectivity index (χ4n) is 2.43. The predicted molar refractivity (Wildman–Crippen MR) is 119 cm³/mol. The summed E-state index contributed by atoms with van der Waals surface area (Å²) in [6.07, 6.45) is 4.97. The third kappa shape index (κ3) is 7.08. The van der Waals surface area contributed by atoms with Gasteiger partial charge in [0.05, 0.1) is 0 Å². The molecule has 0 aliphatic heterocycles. The Hall–Kier alpha value is -1.12. The highest BCUT2D eigenvalue weighted by Crippen LogP contribution is 2.19. The molecule has 27 heavy (non-hydrogen) atoms. The Bertz CT molecular complexity index is 809. The Balaban J connectivity index is 0.000000314. The number of nitrogens with one attached hydrogen (secondary N) is 2. The van der Waals surface area contributed by atoms with Crippen LogP contribution in [0.2, 0.25) is 0 Å². The van der Waals surface area contributed by atoms with Crippen molar-refractivity contribution in [1.82, 2.24) is 24.4 Å². The number of nitrogens with zero attached hydrogens (tertiary/aromatic N) is 3. The largest absolute Gasteiger partial charge is 0.330 e. The number of H-pyrrole nitrogens is 1. The van der Waals surface area contributed by atoms with Gasteiger partial charge in [0.25, 0.3) is 0 Å². The molecule has 0 saturated heterocycles. The van der Waals surface area contributed by atoms with Crippen LogP contribution in [-0.4, -0.2) is 37.9 Å². The van der Waals surface area contributed by atoms with Crippen LogP contribution in [0.25, 0.3) is 11.2 Å². The maximum Gasteiger partial charge on any atom is 0.330 e. The van der Waals surface area contributed by atoms with Gasteiger partial charge in [-0.2, -0.15) is 0 Å². The standard InChI is InChI=1S/C10H14N4OS2.C9H21N/c1-4-5-17-9-11-6-7(12-9)13(2)10(15)14(3)8(6)16;1-4-7-10-8-6-9(3)5-2/h4-5H2,1-3H3,(H,11,12);9-10H,4-8H2,1-3H3. The summed E-state index contributed by atoms with van der Waals surface area (Å²) in [4.78, 5) is 19.4. The first kappa shape index (κ1) is 23.9. The van der Waals surface area contributed by atoms with Crippen LogP contribution in [0.15, 0.2) is 9.95 Å². The summed E-state index contributed by atoms with van der Waals surface area (Å²) in [6, 6.07) is 0. The third-order valence-electron chi connectivity index (χ3n) is 4.45. The van der Waals surface area contributed by atoms with Gasteiger partial charge in [-0.05, 0) is 38.3 Å². The highest BCUT2D eigenvalue weighted by molar-refractivity contribution is 7.99. The summed E-state index contributed by atoms with van der Waals surface area (Å²) in [5, 5.41) is 4.21. The van der Waals surface area contributed by atoms with Crippen molar-refractivity contribution in [3.8, 4) is 0 Å². The summed E-state index contributed by atoms with van der Waals surface area (Å²) in [5.74, 6) is 1.89. The number of thioether (sulfide) groups is 1. The van der Waals surface area contributed by atoms with Crippen LogP contribution in [0, 0.1) is 10.6 Å². The van der Waals surface area contributed by atoms with Gasteiger partial charge in [0.2, 0.25) is 0 Å². The van der Waals surface area contributed by atoms with E-state index < -0.39 is 0 Å². The number of hydrogen-bond donors (Lipinski definition) is 2. The van der Waals surface area contributed by atoms with Crippen molar-refractivity contribution < 1.29 is 0 Å². The third-order valence-corrected chi connectivity index (χ3v) is 6.01. The lowest BCUT2D eigenvalue weighted by molar-refractivity contribution is 0.488. The number of hydrogen-bond acceptors (Lipinski definition) is 5. The van der Waals surface area contributed by atoms with Gasteiger partial charge in [0, 0.05) is 19.8 Å². The summed E-state index contributed by atoms with van der Waals surface area (Å²) in [5.41, 5.74) is 1.22. The minimum absolute atomic E-state index is 0.152. The number of aryl methyl sites for hydroxylation is 1. The van der Waals surface area contributed by atoms with Crippen LogP contribution in [-0.2, 0) is 14.1 Å². The molecule has 2 heterocycles. The Morgan fingerprint density at radius 2 is 1.89 bits per heavy atom. The normalized spacial score (nSPS) is 12.1. The summed E-state index contributed by atoms with van der Waals surface area (Å²) < 4.78 is 3.46. The molecule has 0 bridgehead atoms. The van der Waals surface area contributed by atoms with Gasteiger partial charge in [-0.1, -0.05) is 58.1 Å². The van der Waals surface area contributed by atoms with E-state index in [4.69, 9.17) is 12.2 Å². The molecule has 1 unspecified atom stereocenters. The molecule has 2 aromatic rings. The maximum absolute atomic E-state index is 11.8. The molecule has 0 fully saturated rings. The van der Waals surface area contributed by atoms with Crippen molar-refractivity contribution in [3.05, 3.63) is 15.1 Å². The second-order valence-electron chi connectivity index (χ2n) is 6.85. The minimum Gasteiger partial charge on any atom is -0.329 e. The van der Waals surface area contributed by atoms with Gasteiger partial charge in [-0.25, -0.2) is 9.78 Å². The highest BCUT2D eigenvalue weighted by Gasteiger charge is 2.11. The average molecular weight is 414 g/mol. The Morgan fingerprint density at radius 1 is 1.19 bits per heavy atom. The molecule has 0 aliphatic carbocycles. The smallest absolute Gasteiger partial charge is 0.329 e. The van der Waals surface area contributed by atoms with Crippen LogP contribution in [0.3, 0.4) is 0 Å². The maximum atomic E-state index is 11.8. The average Bonchev–Trinajstić information content (AvgIpc) is 3.11. The summed E-state index contributed by atoms with van der Waals surface area (Å²) >= 11 is 6.87. The SMILES string of the molecule is CCCNCCC(C)CC.CCCSc1nc2c([nH]1)c(=S)n(C)c(=O)n2C. The zero-order valence-electron chi connectivity index (χ0n) is 17.6. The van der Waals surface area contributed by atoms with Crippen molar-refractivity contribution in [3.63, 3.8) is 0 Å². The summed E-state index contributed by atoms with van der Waals surface area (Å²) in [6.45, 7) is 11.3. The first-order chi connectivity index (χ1) is 12.9. The van der Waals surface area contributed by atoms with Crippen molar-refractivity contribution >= 4 is 35.1 Å². The monoisotopic (exact) mass is 413 g/mol. The van der Waals surface area contributed by atoms with Crippen molar-refractivity contribution in [2.24, 2.45) is 20.0 Å². The number of fused-ring (bicyclic) bond motifs is 1. The van der Waals surface area contributed by atoms with E-state index in [1.807, 2.05) is 0 Å². The van der Waals surface area contributed by atoms with Crippen molar-refractivity contribution in [1.29, 1.82) is 0 Å². The molecule has 2 aromatic heterocycles. The molecule has 8 heteroatoms. The zero-order chi connectivity index (χ0) is 20.4. The van der Waals surface area contributed by atoms with Crippen LogP contribution in [0.1, 0.15) is 53.4 Å². The van der Waals surface area contributed by atoms with Gasteiger partial charge in [-0.3, -0.25) is 9.13 Å². The molecule has 1 atom stereocenters. The number of aromatic nitrogens is 4. The van der Waals surface area contributed by atoms with Crippen LogP contribution >= 0.6 is 24.0 Å². The molecule has 0 radical (unpaired) electrons. The second kappa shape index (κ2) is 12.4. The topological polar surface area (TPSA) is 67.6 Å². The zero-order valence-corrected chi connectivity index (χ0v) is 19.2. The van der Waals surface area contributed by atoms with E-state index >= 15 is 0 Å². The second-order valence-corrected chi connectivity index (χ2v) is 8.32. The van der Waals surface area contributed by atoms with Crippen molar-refractivity contribution in [2.45, 2.75) is 58.5 Å². The number of aromatic amines is 1. The highest BCUT2D eigenvalue weighted by atomic mass is 32.2. The first-order valence-electron chi connectivity index (χ1n) is 9.86. The lowest BCUT2D eigenvalue weighted by atomic mass is 10.1. The molecular weight excluding hydrogens is 378 g/mol. The van der Waals surface area contributed by atoms with Gasteiger partial charge in [0.15, 0.2) is 10.8 Å². The van der Waals surface area contributed by atoms with E-state index in [-0.39, 0.29) is 5.69 Å². The minimum atomic E-state index is -0.152. The van der Waals surface area contributed by atoms with E-state index in [1.165, 1.54) is 41.5 Å².